The molecule has 0 heterocycles. The highest BCUT2D eigenvalue weighted by Gasteiger charge is 2.36. The van der Waals surface area contributed by atoms with E-state index in [1.54, 1.807) is 11.6 Å². The SMILES string of the molecule is CCOC(=O)NS(=O)(=O)NC1(CO)CCCCC1. The number of aliphatic hydroxyl groups excluding tert-OH is 1. The van der Waals surface area contributed by atoms with Crippen LogP contribution in [0.4, 0.5) is 4.79 Å². The number of nitrogens with one attached hydrogen (secondary N) is 2. The highest BCUT2D eigenvalue weighted by atomic mass is 32.2. The van der Waals surface area contributed by atoms with Crippen molar-refractivity contribution in [2.45, 2.75) is 44.6 Å². The van der Waals surface area contributed by atoms with Crippen LogP contribution >= 0.6 is 0 Å². The van der Waals surface area contributed by atoms with E-state index in [1.807, 2.05) is 0 Å². The van der Waals surface area contributed by atoms with E-state index >= 15 is 0 Å². The maximum absolute atomic E-state index is 11.7. The van der Waals surface area contributed by atoms with Crippen LogP contribution in [0.5, 0.6) is 0 Å². The van der Waals surface area contributed by atoms with Crippen molar-refractivity contribution in [3.8, 4) is 0 Å². The molecule has 1 saturated carbocycles. The van der Waals surface area contributed by atoms with Gasteiger partial charge in [-0.2, -0.15) is 13.1 Å². The van der Waals surface area contributed by atoms with Crippen LogP contribution in [0, 0.1) is 0 Å². The Morgan fingerprint density at radius 3 is 2.44 bits per heavy atom. The number of aliphatic hydroxyl groups is 1. The Morgan fingerprint density at radius 2 is 1.94 bits per heavy atom. The van der Waals surface area contributed by atoms with E-state index < -0.39 is 21.8 Å². The van der Waals surface area contributed by atoms with Crippen molar-refractivity contribution in [1.29, 1.82) is 0 Å². The van der Waals surface area contributed by atoms with Gasteiger partial charge in [-0.3, -0.25) is 0 Å². The van der Waals surface area contributed by atoms with E-state index in [9.17, 15) is 18.3 Å². The normalized spacial score (nSPS) is 19.2. The summed E-state index contributed by atoms with van der Waals surface area (Å²) in [5.74, 6) is 0. The lowest BCUT2D eigenvalue weighted by atomic mass is 9.83. The molecule has 1 fully saturated rings. The topological polar surface area (TPSA) is 105 Å². The van der Waals surface area contributed by atoms with Crippen molar-refractivity contribution in [2.75, 3.05) is 13.2 Å². The lowest BCUT2D eigenvalue weighted by Gasteiger charge is -2.35. The number of amides is 1. The second-order valence-electron chi connectivity index (χ2n) is 4.43. The number of hydrogen-bond donors (Lipinski definition) is 3. The molecule has 0 atom stereocenters. The molecule has 0 aromatic rings. The third-order valence-electron chi connectivity index (χ3n) is 2.96. The Labute approximate surface area is 107 Å². The molecule has 106 valence electrons. The summed E-state index contributed by atoms with van der Waals surface area (Å²) in [5.41, 5.74) is -0.865. The van der Waals surface area contributed by atoms with Crippen LogP contribution in [0.15, 0.2) is 0 Å². The molecule has 18 heavy (non-hydrogen) atoms. The molecule has 0 saturated heterocycles. The first-order chi connectivity index (χ1) is 8.43. The Hall–Kier alpha value is -0.860. The summed E-state index contributed by atoms with van der Waals surface area (Å²) >= 11 is 0. The van der Waals surface area contributed by atoms with Gasteiger partial charge in [-0.1, -0.05) is 19.3 Å². The predicted octanol–water partition coefficient (Wildman–Crippen LogP) is 0.262. The van der Waals surface area contributed by atoms with Crippen molar-refractivity contribution in [1.82, 2.24) is 9.44 Å². The average Bonchev–Trinajstić information content (AvgIpc) is 2.29. The quantitative estimate of drug-likeness (QED) is 0.670. The van der Waals surface area contributed by atoms with Crippen LogP contribution in [0.25, 0.3) is 0 Å². The second-order valence-corrected chi connectivity index (χ2v) is 5.84. The van der Waals surface area contributed by atoms with Crippen LogP contribution in [0.3, 0.4) is 0 Å². The second kappa shape index (κ2) is 6.35. The van der Waals surface area contributed by atoms with Crippen molar-refractivity contribution in [2.24, 2.45) is 0 Å². The van der Waals surface area contributed by atoms with Gasteiger partial charge in [0.15, 0.2) is 0 Å². The summed E-state index contributed by atoms with van der Waals surface area (Å²) in [5, 5.41) is 9.37. The van der Waals surface area contributed by atoms with Crippen molar-refractivity contribution < 1.29 is 23.1 Å². The molecule has 1 rings (SSSR count). The molecule has 0 aromatic heterocycles. The molecule has 0 aliphatic heterocycles. The summed E-state index contributed by atoms with van der Waals surface area (Å²) in [7, 11) is -4.01. The van der Waals surface area contributed by atoms with Gasteiger partial charge >= 0.3 is 16.3 Å². The molecular formula is C10H20N2O5S. The molecule has 8 heteroatoms. The van der Waals surface area contributed by atoms with Crippen molar-refractivity contribution >= 4 is 16.3 Å². The van der Waals surface area contributed by atoms with Crippen molar-refractivity contribution in [3.63, 3.8) is 0 Å². The smallest absolute Gasteiger partial charge is 0.421 e. The third kappa shape index (κ3) is 4.43. The third-order valence-corrected chi connectivity index (χ3v) is 4.09. The minimum Gasteiger partial charge on any atom is -0.449 e. The molecule has 1 aliphatic rings. The molecule has 0 spiro atoms. The molecule has 7 nitrogen and oxygen atoms in total. The lowest BCUT2D eigenvalue weighted by molar-refractivity contribution is 0.140. The molecule has 3 N–H and O–H groups in total. The molecule has 0 unspecified atom stereocenters. The van der Waals surface area contributed by atoms with Crippen LogP contribution in [0.1, 0.15) is 39.0 Å². The Bertz CT molecular complexity index is 376. The van der Waals surface area contributed by atoms with Gasteiger partial charge < -0.3 is 9.84 Å². The van der Waals surface area contributed by atoms with Gasteiger partial charge in [0, 0.05) is 0 Å². The van der Waals surface area contributed by atoms with Crippen molar-refractivity contribution in [3.05, 3.63) is 0 Å². The minimum absolute atomic E-state index is 0.0898. The largest absolute Gasteiger partial charge is 0.449 e. The number of carbonyl (C=O) groups excluding carboxylic acids is 1. The Balaban J connectivity index is 2.65. The minimum atomic E-state index is -4.01. The molecule has 0 aromatic carbocycles. The summed E-state index contributed by atoms with van der Waals surface area (Å²) in [6, 6.07) is 0. The average molecular weight is 280 g/mol. The maximum atomic E-state index is 11.7. The molecule has 0 radical (unpaired) electrons. The van der Waals surface area contributed by atoms with E-state index in [4.69, 9.17) is 0 Å². The zero-order valence-corrected chi connectivity index (χ0v) is 11.3. The Morgan fingerprint density at radius 1 is 1.33 bits per heavy atom. The maximum Gasteiger partial charge on any atom is 0.421 e. The highest BCUT2D eigenvalue weighted by molar-refractivity contribution is 7.88. The number of rotatable bonds is 5. The zero-order chi connectivity index (χ0) is 13.6. The molecular weight excluding hydrogens is 260 g/mol. The van der Waals surface area contributed by atoms with Crippen LogP contribution in [-0.2, 0) is 14.9 Å². The van der Waals surface area contributed by atoms with E-state index in [0.29, 0.717) is 12.8 Å². The number of hydrogen-bond acceptors (Lipinski definition) is 5. The fraction of sp³-hybridized carbons (Fsp3) is 0.900. The summed E-state index contributed by atoms with van der Waals surface area (Å²) in [6.45, 7) is 1.39. The summed E-state index contributed by atoms with van der Waals surface area (Å²) in [4.78, 5) is 11.1. The molecule has 0 bridgehead atoms. The standard InChI is InChI=1S/C10H20N2O5S/c1-2-17-9(14)11-18(15,16)12-10(8-13)6-4-3-5-7-10/h12-13H,2-8H2,1H3,(H,11,14). The van der Waals surface area contributed by atoms with E-state index in [2.05, 4.69) is 9.46 Å². The van der Waals surface area contributed by atoms with Gasteiger partial charge in [0.2, 0.25) is 0 Å². The monoisotopic (exact) mass is 280 g/mol. The Kier molecular flexibility index (Phi) is 5.36. The number of carbonyl (C=O) groups is 1. The summed E-state index contributed by atoms with van der Waals surface area (Å²) in [6.07, 6.45) is 2.83. The van der Waals surface area contributed by atoms with Gasteiger partial charge in [-0.15, -0.1) is 0 Å². The van der Waals surface area contributed by atoms with E-state index in [-0.39, 0.29) is 13.2 Å². The first-order valence-electron chi connectivity index (χ1n) is 6.02. The van der Waals surface area contributed by atoms with Gasteiger partial charge in [-0.05, 0) is 19.8 Å². The first kappa shape index (κ1) is 15.2. The summed E-state index contributed by atoms with van der Waals surface area (Å²) < 4.78 is 32.0. The molecule has 1 amide bonds. The van der Waals surface area contributed by atoms with Gasteiger partial charge in [0.25, 0.3) is 0 Å². The zero-order valence-electron chi connectivity index (χ0n) is 10.4. The lowest BCUT2D eigenvalue weighted by Crippen LogP contribution is -2.56. The van der Waals surface area contributed by atoms with Gasteiger partial charge in [0.1, 0.15) is 0 Å². The van der Waals surface area contributed by atoms with E-state index in [1.165, 1.54) is 0 Å². The predicted molar refractivity (Wildman–Crippen MR) is 65.1 cm³/mol. The van der Waals surface area contributed by atoms with Crippen LogP contribution in [0.2, 0.25) is 0 Å². The van der Waals surface area contributed by atoms with Crippen LogP contribution in [-0.4, -0.2) is 38.4 Å². The van der Waals surface area contributed by atoms with Crippen LogP contribution < -0.4 is 9.44 Å². The highest BCUT2D eigenvalue weighted by Crippen LogP contribution is 2.28. The fourth-order valence-corrected chi connectivity index (χ4v) is 3.27. The van der Waals surface area contributed by atoms with Gasteiger partial charge in [-0.25, -0.2) is 9.52 Å². The van der Waals surface area contributed by atoms with E-state index in [0.717, 1.165) is 19.3 Å². The fourth-order valence-electron chi connectivity index (χ4n) is 2.10. The first-order valence-corrected chi connectivity index (χ1v) is 7.51. The van der Waals surface area contributed by atoms with Gasteiger partial charge in [0.05, 0.1) is 18.8 Å². The molecule has 1 aliphatic carbocycles. The number of ether oxygens (including phenoxy) is 1.